The first-order chi connectivity index (χ1) is 13.5. The molecule has 0 amide bonds. The molecule has 0 aliphatic carbocycles. The molecule has 1 aromatic heterocycles. The van der Waals surface area contributed by atoms with Crippen LogP contribution >= 0.6 is 0 Å². The van der Waals surface area contributed by atoms with Gasteiger partial charge in [0.05, 0.1) is 12.3 Å². The molecule has 0 radical (unpaired) electrons. The van der Waals surface area contributed by atoms with Crippen LogP contribution in [0, 0.1) is 13.8 Å². The number of benzene rings is 2. The summed E-state index contributed by atoms with van der Waals surface area (Å²) in [6, 6.07) is 16.2. The summed E-state index contributed by atoms with van der Waals surface area (Å²) in [5, 5.41) is 16.5. The fourth-order valence-electron chi connectivity index (χ4n) is 3.29. The predicted molar refractivity (Wildman–Crippen MR) is 110 cm³/mol. The zero-order valence-corrected chi connectivity index (χ0v) is 16.2. The van der Waals surface area contributed by atoms with Crippen molar-refractivity contribution in [2.45, 2.75) is 33.1 Å². The lowest BCUT2D eigenvalue weighted by Gasteiger charge is -2.13. The summed E-state index contributed by atoms with van der Waals surface area (Å²) in [5.41, 5.74) is 5.75. The molecular formula is C22H25N3O3. The van der Waals surface area contributed by atoms with Gasteiger partial charge in [-0.25, -0.2) is 9.48 Å². The van der Waals surface area contributed by atoms with Crippen LogP contribution in [0.2, 0.25) is 0 Å². The fraction of sp³-hybridized carbons (Fsp3) is 0.273. The summed E-state index contributed by atoms with van der Waals surface area (Å²) in [7, 11) is 0. The van der Waals surface area contributed by atoms with E-state index in [-0.39, 0.29) is 6.61 Å². The van der Waals surface area contributed by atoms with Crippen molar-refractivity contribution in [1.29, 1.82) is 0 Å². The Morgan fingerprint density at radius 3 is 2.50 bits per heavy atom. The second-order valence-corrected chi connectivity index (χ2v) is 6.77. The SMILES string of the molecule is Cc1cc(Nc2ccn(-c3ccccc3)n2)cc(C)c1CCCCOC(=O)O. The highest BCUT2D eigenvalue weighted by molar-refractivity contribution is 5.60. The molecular weight excluding hydrogens is 354 g/mol. The molecule has 0 saturated heterocycles. The van der Waals surface area contributed by atoms with E-state index in [1.807, 2.05) is 47.3 Å². The van der Waals surface area contributed by atoms with Gasteiger partial charge in [0.15, 0.2) is 5.82 Å². The Bertz CT molecular complexity index is 912. The number of aryl methyl sites for hydroxylation is 2. The first-order valence-corrected chi connectivity index (χ1v) is 9.37. The van der Waals surface area contributed by atoms with Crippen molar-refractivity contribution in [3.05, 3.63) is 71.4 Å². The van der Waals surface area contributed by atoms with Crippen LogP contribution in [-0.4, -0.2) is 27.6 Å². The van der Waals surface area contributed by atoms with Crippen molar-refractivity contribution >= 4 is 17.7 Å². The molecule has 0 unspecified atom stereocenters. The number of rotatable bonds is 8. The summed E-state index contributed by atoms with van der Waals surface area (Å²) in [6.45, 7) is 4.45. The van der Waals surface area contributed by atoms with Crippen molar-refractivity contribution < 1.29 is 14.6 Å². The van der Waals surface area contributed by atoms with Gasteiger partial charge in [-0.1, -0.05) is 18.2 Å². The fourth-order valence-corrected chi connectivity index (χ4v) is 3.29. The molecule has 0 atom stereocenters. The Balaban J connectivity index is 1.63. The highest BCUT2D eigenvalue weighted by atomic mass is 16.7. The number of hydrogen-bond acceptors (Lipinski definition) is 4. The molecule has 0 fully saturated rings. The van der Waals surface area contributed by atoms with E-state index in [0.717, 1.165) is 36.5 Å². The Morgan fingerprint density at radius 1 is 1.11 bits per heavy atom. The van der Waals surface area contributed by atoms with Crippen molar-refractivity contribution in [3.8, 4) is 5.69 Å². The molecule has 0 bridgehead atoms. The van der Waals surface area contributed by atoms with Crippen molar-refractivity contribution in [1.82, 2.24) is 9.78 Å². The van der Waals surface area contributed by atoms with Crippen molar-refractivity contribution in [2.75, 3.05) is 11.9 Å². The Kier molecular flexibility index (Phi) is 6.32. The van der Waals surface area contributed by atoms with Gasteiger partial charge in [0.25, 0.3) is 0 Å². The second kappa shape index (κ2) is 9.08. The lowest BCUT2D eigenvalue weighted by molar-refractivity contribution is 0.0902. The molecule has 0 saturated carbocycles. The molecule has 28 heavy (non-hydrogen) atoms. The van der Waals surface area contributed by atoms with Crippen LogP contribution in [0.1, 0.15) is 29.5 Å². The maximum absolute atomic E-state index is 10.4. The minimum atomic E-state index is -1.21. The Labute approximate surface area is 164 Å². The minimum Gasteiger partial charge on any atom is -0.450 e. The number of ether oxygens (including phenoxy) is 1. The van der Waals surface area contributed by atoms with Gasteiger partial charge in [0, 0.05) is 18.0 Å². The van der Waals surface area contributed by atoms with Crippen LogP contribution in [0.4, 0.5) is 16.3 Å². The van der Waals surface area contributed by atoms with Gasteiger partial charge in [-0.15, -0.1) is 0 Å². The molecule has 0 spiro atoms. The number of nitrogens with one attached hydrogen (secondary N) is 1. The predicted octanol–water partition coefficient (Wildman–Crippen LogP) is 5.25. The number of anilines is 2. The average molecular weight is 379 g/mol. The van der Waals surface area contributed by atoms with E-state index < -0.39 is 6.16 Å². The van der Waals surface area contributed by atoms with E-state index >= 15 is 0 Å². The van der Waals surface area contributed by atoms with E-state index in [2.05, 4.69) is 41.1 Å². The molecule has 3 rings (SSSR count). The maximum atomic E-state index is 10.4. The van der Waals surface area contributed by atoms with Gasteiger partial charge in [0.2, 0.25) is 0 Å². The zero-order valence-electron chi connectivity index (χ0n) is 16.2. The highest BCUT2D eigenvalue weighted by Crippen LogP contribution is 2.24. The molecule has 2 aromatic carbocycles. The van der Waals surface area contributed by atoms with Gasteiger partial charge in [-0.2, -0.15) is 5.10 Å². The molecule has 0 aliphatic rings. The molecule has 3 aromatic rings. The van der Waals surface area contributed by atoms with Gasteiger partial charge in [-0.05, 0) is 74.1 Å². The number of carbonyl (C=O) groups is 1. The van der Waals surface area contributed by atoms with E-state index in [1.165, 1.54) is 16.7 Å². The first-order valence-electron chi connectivity index (χ1n) is 9.37. The van der Waals surface area contributed by atoms with E-state index in [0.29, 0.717) is 0 Å². The quantitative estimate of drug-likeness (QED) is 0.413. The summed E-state index contributed by atoms with van der Waals surface area (Å²) in [4.78, 5) is 10.4. The number of hydrogen-bond donors (Lipinski definition) is 2. The van der Waals surface area contributed by atoms with Gasteiger partial charge >= 0.3 is 6.16 Å². The standard InChI is InChI=1S/C22H25N3O3/c1-16-14-18(15-17(2)20(16)10-6-7-13-28-22(26)27)23-21-11-12-25(24-21)19-8-4-3-5-9-19/h3-5,8-9,11-12,14-15H,6-7,10,13H2,1-2H3,(H,23,24)(H,26,27). The number of nitrogens with zero attached hydrogens (tertiary/aromatic N) is 2. The van der Waals surface area contributed by atoms with E-state index in [9.17, 15) is 4.79 Å². The van der Waals surface area contributed by atoms with Crippen LogP contribution < -0.4 is 5.32 Å². The van der Waals surface area contributed by atoms with Gasteiger partial charge in [-0.3, -0.25) is 0 Å². The highest BCUT2D eigenvalue weighted by Gasteiger charge is 2.08. The summed E-state index contributed by atoms with van der Waals surface area (Å²) < 4.78 is 6.40. The average Bonchev–Trinajstić information content (AvgIpc) is 3.12. The van der Waals surface area contributed by atoms with E-state index in [1.54, 1.807) is 0 Å². The molecule has 2 N–H and O–H groups in total. The van der Waals surface area contributed by atoms with Crippen LogP contribution in [0.3, 0.4) is 0 Å². The van der Waals surface area contributed by atoms with Crippen LogP contribution in [-0.2, 0) is 11.2 Å². The summed E-state index contributed by atoms with van der Waals surface area (Å²) in [5.74, 6) is 0.793. The lowest BCUT2D eigenvalue weighted by Crippen LogP contribution is -2.03. The third-order valence-corrected chi connectivity index (χ3v) is 4.62. The minimum absolute atomic E-state index is 0.247. The van der Waals surface area contributed by atoms with E-state index in [4.69, 9.17) is 5.11 Å². The number of para-hydroxylation sites is 1. The molecule has 0 aliphatic heterocycles. The first kappa shape index (κ1) is 19.5. The Morgan fingerprint density at radius 2 is 1.82 bits per heavy atom. The van der Waals surface area contributed by atoms with Crippen LogP contribution in [0.5, 0.6) is 0 Å². The summed E-state index contributed by atoms with van der Waals surface area (Å²) in [6.07, 6.45) is 3.25. The van der Waals surface area contributed by atoms with Crippen LogP contribution in [0.15, 0.2) is 54.7 Å². The molecule has 6 nitrogen and oxygen atoms in total. The number of unbranched alkanes of at least 4 members (excludes halogenated alkanes) is 1. The number of aromatic nitrogens is 2. The second-order valence-electron chi connectivity index (χ2n) is 6.77. The molecule has 146 valence electrons. The Hall–Kier alpha value is -3.28. The zero-order chi connectivity index (χ0) is 19.9. The van der Waals surface area contributed by atoms with Crippen molar-refractivity contribution in [3.63, 3.8) is 0 Å². The van der Waals surface area contributed by atoms with Crippen molar-refractivity contribution in [2.24, 2.45) is 0 Å². The number of carboxylic acid groups (broad SMARTS) is 1. The van der Waals surface area contributed by atoms with Gasteiger partial charge in [0.1, 0.15) is 0 Å². The largest absolute Gasteiger partial charge is 0.505 e. The molecule has 1 heterocycles. The summed E-state index contributed by atoms with van der Waals surface area (Å²) >= 11 is 0. The van der Waals surface area contributed by atoms with Gasteiger partial charge < -0.3 is 15.2 Å². The maximum Gasteiger partial charge on any atom is 0.505 e. The third kappa shape index (κ3) is 5.13. The normalized spacial score (nSPS) is 10.6. The molecule has 6 heteroatoms. The lowest BCUT2D eigenvalue weighted by atomic mass is 9.97. The smallest absolute Gasteiger partial charge is 0.450 e. The third-order valence-electron chi connectivity index (χ3n) is 4.62. The monoisotopic (exact) mass is 379 g/mol. The topological polar surface area (TPSA) is 76.4 Å². The van der Waals surface area contributed by atoms with Crippen LogP contribution in [0.25, 0.3) is 5.69 Å².